The number of carbonyl (C=O) groups is 1. The van der Waals surface area contributed by atoms with Crippen LogP contribution in [0.3, 0.4) is 0 Å². The van der Waals surface area contributed by atoms with Gasteiger partial charge < -0.3 is 9.47 Å². The number of hydrogen-bond acceptors (Lipinski definition) is 3. The molecule has 0 aliphatic carbocycles. The molecule has 1 aromatic carbocycles. The highest BCUT2D eigenvalue weighted by Gasteiger charge is 2.44. The third-order valence-corrected chi connectivity index (χ3v) is 4.24. The minimum atomic E-state index is -0.493. The van der Waals surface area contributed by atoms with Crippen molar-refractivity contribution in [3.05, 3.63) is 35.9 Å². The van der Waals surface area contributed by atoms with E-state index in [-0.39, 0.29) is 12.2 Å². The van der Waals surface area contributed by atoms with Gasteiger partial charge in [-0.1, -0.05) is 30.3 Å². The Morgan fingerprint density at radius 2 is 1.91 bits per heavy atom. The highest BCUT2D eigenvalue weighted by Crippen LogP contribution is 2.39. The predicted molar refractivity (Wildman–Crippen MR) is 86.8 cm³/mol. The van der Waals surface area contributed by atoms with Crippen molar-refractivity contribution in [1.29, 1.82) is 0 Å². The Morgan fingerprint density at radius 3 is 2.45 bits per heavy atom. The third kappa shape index (κ3) is 3.61. The molecule has 0 spiro atoms. The number of carbonyl (C=O) groups excluding carboxylic acids is 1. The van der Waals surface area contributed by atoms with Gasteiger partial charge in [0, 0.05) is 20.1 Å². The fourth-order valence-corrected chi connectivity index (χ4v) is 3.06. The number of amides is 1. The molecule has 2 atom stereocenters. The molecule has 1 saturated heterocycles. The quantitative estimate of drug-likeness (QED) is 0.830. The minimum Gasteiger partial charge on any atom is -0.444 e. The molecule has 0 radical (unpaired) electrons. The number of ether oxygens (including phenoxy) is 2. The topological polar surface area (TPSA) is 38.8 Å². The molecule has 1 fully saturated rings. The molecule has 1 heterocycles. The van der Waals surface area contributed by atoms with Gasteiger partial charge in [0.05, 0.1) is 11.6 Å². The van der Waals surface area contributed by atoms with Gasteiger partial charge in [-0.05, 0) is 39.7 Å². The second-order valence-electron chi connectivity index (χ2n) is 7.12. The zero-order valence-electron chi connectivity index (χ0n) is 14.3. The summed E-state index contributed by atoms with van der Waals surface area (Å²) in [5.74, 6) is 0. The molecule has 122 valence electrons. The summed E-state index contributed by atoms with van der Waals surface area (Å²) < 4.78 is 11.2. The van der Waals surface area contributed by atoms with E-state index in [1.807, 2.05) is 43.9 Å². The summed E-state index contributed by atoms with van der Waals surface area (Å²) >= 11 is 0. The summed E-state index contributed by atoms with van der Waals surface area (Å²) in [6.45, 7) is 8.42. The van der Waals surface area contributed by atoms with E-state index in [4.69, 9.17) is 9.47 Å². The summed E-state index contributed by atoms with van der Waals surface area (Å²) in [7, 11) is 1.74. The van der Waals surface area contributed by atoms with E-state index in [9.17, 15) is 4.79 Å². The van der Waals surface area contributed by atoms with Crippen molar-refractivity contribution in [2.24, 2.45) is 0 Å². The highest BCUT2D eigenvalue weighted by molar-refractivity contribution is 5.70. The maximum absolute atomic E-state index is 12.7. The Balaban J connectivity index is 2.32. The van der Waals surface area contributed by atoms with Crippen molar-refractivity contribution in [3.8, 4) is 0 Å². The first-order chi connectivity index (χ1) is 10.3. The first-order valence-corrected chi connectivity index (χ1v) is 7.85. The molecule has 1 aliphatic rings. The van der Waals surface area contributed by atoms with Crippen molar-refractivity contribution in [1.82, 2.24) is 4.90 Å². The lowest BCUT2D eigenvalue weighted by atomic mass is 9.81. The van der Waals surface area contributed by atoms with Crippen LogP contribution in [0.4, 0.5) is 4.79 Å². The van der Waals surface area contributed by atoms with E-state index < -0.39 is 11.1 Å². The Bertz CT molecular complexity index is 509. The molecule has 0 aromatic heterocycles. The van der Waals surface area contributed by atoms with Gasteiger partial charge in [0.25, 0.3) is 0 Å². The lowest BCUT2D eigenvalue weighted by Gasteiger charge is -2.47. The molecule has 4 nitrogen and oxygen atoms in total. The van der Waals surface area contributed by atoms with Crippen molar-refractivity contribution in [2.45, 2.75) is 57.8 Å². The molecule has 1 aliphatic heterocycles. The van der Waals surface area contributed by atoms with E-state index in [1.54, 1.807) is 7.11 Å². The van der Waals surface area contributed by atoms with Crippen LogP contribution in [0.15, 0.2) is 30.3 Å². The summed E-state index contributed by atoms with van der Waals surface area (Å²) in [6, 6.07) is 10.1. The molecule has 2 unspecified atom stereocenters. The lowest BCUT2D eigenvalue weighted by Crippen LogP contribution is -2.55. The molecular weight excluding hydrogens is 278 g/mol. The summed E-state index contributed by atoms with van der Waals surface area (Å²) in [4.78, 5) is 14.5. The van der Waals surface area contributed by atoms with Crippen LogP contribution in [0.1, 0.15) is 46.1 Å². The molecule has 0 bridgehead atoms. The van der Waals surface area contributed by atoms with E-state index in [2.05, 4.69) is 19.1 Å². The fraction of sp³-hybridized carbons (Fsp3) is 0.611. The zero-order valence-corrected chi connectivity index (χ0v) is 14.3. The van der Waals surface area contributed by atoms with E-state index in [0.717, 1.165) is 18.4 Å². The van der Waals surface area contributed by atoms with Gasteiger partial charge in [-0.3, -0.25) is 4.90 Å². The van der Waals surface area contributed by atoms with Gasteiger partial charge in [0.15, 0.2) is 0 Å². The van der Waals surface area contributed by atoms with Crippen LogP contribution in [-0.4, -0.2) is 36.4 Å². The van der Waals surface area contributed by atoms with Crippen LogP contribution in [-0.2, 0) is 15.0 Å². The van der Waals surface area contributed by atoms with E-state index in [0.29, 0.717) is 6.54 Å². The number of benzene rings is 1. The van der Waals surface area contributed by atoms with E-state index in [1.165, 1.54) is 0 Å². The molecule has 1 aromatic rings. The predicted octanol–water partition coefficient (Wildman–Crippen LogP) is 3.95. The van der Waals surface area contributed by atoms with E-state index >= 15 is 0 Å². The standard InChI is InChI=1S/C18H27NO3/c1-17(2,3)22-16(20)19-12-11-15(21-5)13-18(19,4)14-9-7-6-8-10-14/h6-10,15H,11-13H2,1-5H3. The van der Waals surface area contributed by atoms with Crippen LogP contribution in [0.2, 0.25) is 0 Å². The summed E-state index contributed by atoms with van der Waals surface area (Å²) in [6.07, 6.45) is 1.50. The normalized spacial score (nSPS) is 25.9. The third-order valence-electron chi connectivity index (χ3n) is 4.24. The van der Waals surface area contributed by atoms with Gasteiger partial charge in [0.2, 0.25) is 0 Å². The average molecular weight is 305 g/mol. The van der Waals surface area contributed by atoms with Gasteiger partial charge >= 0.3 is 6.09 Å². The molecule has 2 rings (SSSR count). The Kier molecular flexibility index (Phi) is 4.81. The number of hydrogen-bond donors (Lipinski definition) is 0. The molecule has 0 saturated carbocycles. The SMILES string of the molecule is COC1CCN(C(=O)OC(C)(C)C)C(C)(c2ccccc2)C1. The molecule has 1 amide bonds. The van der Waals surface area contributed by atoms with Gasteiger partial charge in [0.1, 0.15) is 5.60 Å². The molecule has 0 N–H and O–H groups in total. The summed E-state index contributed by atoms with van der Waals surface area (Å²) in [5, 5.41) is 0. The van der Waals surface area contributed by atoms with Crippen LogP contribution in [0.25, 0.3) is 0 Å². The van der Waals surface area contributed by atoms with Crippen LogP contribution in [0, 0.1) is 0 Å². The maximum Gasteiger partial charge on any atom is 0.411 e. The molecule has 22 heavy (non-hydrogen) atoms. The number of methoxy groups -OCH3 is 1. The average Bonchev–Trinajstić information content (AvgIpc) is 2.46. The van der Waals surface area contributed by atoms with Crippen molar-refractivity contribution < 1.29 is 14.3 Å². The van der Waals surface area contributed by atoms with Gasteiger partial charge in [-0.15, -0.1) is 0 Å². The highest BCUT2D eigenvalue weighted by atomic mass is 16.6. The number of likely N-dealkylation sites (tertiary alicyclic amines) is 1. The first kappa shape index (κ1) is 16.8. The maximum atomic E-state index is 12.7. The van der Waals surface area contributed by atoms with Crippen LogP contribution >= 0.6 is 0 Å². The number of nitrogens with zero attached hydrogens (tertiary/aromatic N) is 1. The zero-order chi connectivity index (χ0) is 16.4. The second kappa shape index (κ2) is 6.29. The van der Waals surface area contributed by atoms with Gasteiger partial charge in [-0.2, -0.15) is 0 Å². The summed E-state index contributed by atoms with van der Waals surface area (Å²) in [5.41, 5.74) is 0.206. The first-order valence-electron chi connectivity index (χ1n) is 7.85. The van der Waals surface area contributed by atoms with Crippen molar-refractivity contribution in [3.63, 3.8) is 0 Å². The van der Waals surface area contributed by atoms with Gasteiger partial charge in [-0.25, -0.2) is 4.79 Å². The number of piperidine rings is 1. The van der Waals surface area contributed by atoms with Crippen molar-refractivity contribution in [2.75, 3.05) is 13.7 Å². The number of rotatable bonds is 2. The lowest BCUT2D eigenvalue weighted by molar-refractivity contribution is -0.0497. The van der Waals surface area contributed by atoms with Crippen molar-refractivity contribution >= 4 is 6.09 Å². The Morgan fingerprint density at radius 1 is 1.27 bits per heavy atom. The van der Waals surface area contributed by atoms with Crippen LogP contribution in [0.5, 0.6) is 0 Å². The molecular formula is C18H27NO3. The van der Waals surface area contributed by atoms with Crippen LogP contribution < -0.4 is 0 Å². The Hall–Kier alpha value is -1.55. The largest absolute Gasteiger partial charge is 0.444 e. The Labute approximate surface area is 133 Å². The monoisotopic (exact) mass is 305 g/mol. The second-order valence-corrected chi connectivity index (χ2v) is 7.12. The molecule has 4 heteroatoms. The minimum absolute atomic E-state index is 0.156. The smallest absolute Gasteiger partial charge is 0.411 e. The fourth-order valence-electron chi connectivity index (χ4n) is 3.06.